The molecule has 31 heavy (non-hydrogen) atoms. The second-order valence-electron chi connectivity index (χ2n) is 7.06. The van der Waals surface area contributed by atoms with Crippen LogP contribution in [-0.4, -0.2) is 37.9 Å². The Morgan fingerprint density at radius 3 is 2.77 bits per heavy atom. The van der Waals surface area contributed by atoms with Crippen LogP contribution in [0.2, 0.25) is 5.02 Å². The topological polar surface area (TPSA) is 126 Å². The molecular weight excluding hydrogens is 420 g/mol. The summed E-state index contributed by atoms with van der Waals surface area (Å²) in [6.07, 6.45) is 1.28. The lowest BCUT2D eigenvalue weighted by molar-refractivity contribution is -0.145. The molecule has 9 nitrogen and oxygen atoms in total. The Morgan fingerprint density at radius 1 is 1.32 bits per heavy atom. The van der Waals surface area contributed by atoms with Gasteiger partial charge in [0.15, 0.2) is 0 Å². The fourth-order valence-corrected chi connectivity index (χ4v) is 3.20. The minimum atomic E-state index is -0.526. The third-order valence-corrected chi connectivity index (χ3v) is 4.79. The van der Waals surface area contributed by atoms with Gasteiger partial charge in [0.2, 0.25) is 0 Å². The van der Waals surface area contributed by atoms with Crippen molar-refractivity contribution in [1.82, 2.24) is 25.3 Å². The van der Waals surface area contributed by atoms with Crippen LogP contribution < -0.4 is 5.32 Å². The number of hydrogen-bond acceptors (Lipinski definition) is 6. The number of nitrogens with one attached hydrogen (secondary N) is 2. The monoisotopic (exact) mass is 440 g/mol. The summed E-state index contributed by atoms with van der Waals surface area (Å²) in [5.41, 5.74) is 2.65. The lowest BCUT2D eigenvalue weighted by Gasteiger charge is -2.13. The molecule has 0 aliphatic heterocycles. The molecule has 2 heterocycles. The number of benzene rings is 1. The molecule has 0 aliphatic rings. The number of H-pyrrole nitrogens is 1. The molecule has 1 aromatic carbocycles. The van der Waals surface area contributed by atoms with E-state index in [1.165, 1.54) is 6.92 Å². The molecule has 10 heteroatoms. The van der Waals surface area contributed by atoms with Crippen molar-refractivity contribution in [1.29, 1.82) is 5.26 Å². The number of nitrogens with zero attached hydrogens (tertiary/aromatic N) is 4. The Bertz CT molecular complexity index is 1150. The molecule has 0 bridgehead atoms. The Hall–Kier alpha value is -3.64. The number of halogens is 1. The normalized spacial score (nSPS) is 12.6. The fraction of sp³-hybridized carbons (Fsp3) is 0.286. The number of ether oxygens (including phenoxy) is 1. The Labute approximate surface area is 184 Å². The van der Waals surface area contributed by atoms with Crippen molar-refractivity contribution in [3.8, 4) is 17.3 Å². The summed E-state index contributed by atoms with van der Waals surface area (Å²) in [6.45, 7) is 5.30. The van der Waals surface area contributed by atoms with Crippen molar-refractivity contribution < 1.29 is 14.3 Å². The maximum Gasteiger partial charge on any atom is 0.303 e. The van der Waals surface area contributed by atoms with Crippen molar-refractivity contribution in [2.24, 2.45) is 0 Å². The highest BCUT2D eigenvalue weighted by Gasteiger charge is 2.18. The molecule has 1 amide bonds. The van der Waals surface area contributed by atoms with Gasteiger partial charge in [0.1, 0.15) is 17.9 Å². The van der Waals surface area contributed by atoms with Crippen molar-refractivity contribution >= 4 is 23.5 Å². The van der Waals surface area contributed by atoms with Crippen molar-refractivity contribution in [2.45, 2.75) is 39.5 Å². The van der Waals surface area contributed by atoms with Gasteiger partial charge in [-0.3, -0.25) is 19.4 Å². The maximum absolute atomic E-state index is 12.5. The van der Waals surface area contributed by atoms with Gasteiger partial charge in [-0.15, -0.1) is 0 Å². The summed E-state index contributed by atoms with van der Waals surface area (Å²) in [5.74, 6) is -0.764. The van der Waals surface area contributed by atoms with E-state index in [1.54, 1.807) is 42.1 Å². The van der Waals surface area contributed by atoms with Crippen molar-refractivity contribution in [3.05, 3.63) is 58.5 Å². The quantitative estimate of drug-likeness (QED) is 0.543. The van der Waals surface area contributed by atoms with Gasteiger partial charge < -0.3 is 10.1 Å². The number of rotatable bonds is 7. The predicted octanol–water partition coefficient (Wildman–Crippen LogP) is 3.24. The van der Waals surface area contributed by atoms with Gasteiger partial charge in [-0.25, -0.2) is 0 Å². The zero-order valence-electron chi connectivity index (χ0n) is 17.2. The second-order valence-corrected chi connectivity index (χ2v) is 7.47. The van der Waals surface area contributed by atoms with Gasteiger partial charge in [0, 0.05) is 24.7 Å². The predicted molar refractivity (Wildman–Crippen MR) is 113 cm³/mol. The number of carbonyl (C=O) groups is 2. The average Bonchev–Trinajstić information content (AvgIpc) is 3.37. The number of carbonyl (C=O) groups excluding carboxylic acids is 2. The molecule has 0 spiro atoms. The van der Waals surface area contributed by atoms with E-state index >= 15 is 0 Å². The van der Waals surface area contributed by atoms with Crippen LogP contribution in [0.4, 0.5) is 0 Å². The molecule has 2 atom stereocenters. The van der Waals surface area contributed by atoms with Crippen LogP contribution in [0.15, 0.2) is 36.5 Å². The second kappa shape index (κ2) is 9.45. The highest BCUT2D eigenvalue weighted by atomic mass is 35.5. The van der Waals surface area contributed by atoms with Crippen LogP contribution in [-0.2, 0) is 16.1 Å². The summed E-state index contributed by atoms with van der Waals surface area (Å²) >= 11 is 6.09. The summed E-state index contributed by atoms with van der Waals surface area (Å²) in [5, 5.41) is 23.4. The highest BCUT2D eigenvalue weighted by molar-refractivity contribution is 6.32. The summed E-state index contributed by atoms with van der Waals surface area (Å²) in [4.78, 5) is 23.5. The van der Waals surface area contributed by atoms with Crippen molar-refractivity contribution in [2.75, 3.05) is 0 Å². The minimum absolute atomic E-state index is 0.203. The van der Waals surface area contributed by atoms with E-state index in [0.29, 0.717) is 28.5 Å². The van der Waals surface area contributed by atoms with E-state index < -0.39 is 12.1 Å². The van der Waals surface area contributed by atoms with E-state index in [0.717, 1.165) is 5.56 Å². The van der Waals surface area contributed by atoms with Gasteiger partial charge in [0.05, 0.1) is 28.5 Å². The smallest absolute Gasteiger partial charge is 0.303 e. The minimum Gasteiger partial charge on any atom is -0.456 e. The average molecular weight is 441 g/mol. The Balaban J connectivity index is 1.60. The Kier molecular flexibility index (Phi) is 6.72. The molecule has 0 radical (unpaired) electrons. The standard InChI is InChI=1S/C21H21ClN6O3/c1-12(24-21(30)20-9-19(25-26-20)13(2)31-14(3)29)11-28-7-6-18(27-28)15-4-5-16(10-23)17(22)8-15/h4-9,12-13H,11H2,1-3H3,(H,24,30)(H,25,26). The number of hydrogen-bond donors (Lipinski definition) is 2. The molecule has 160 valence electrons. The number of aromatic amines is 1. The molecular formula is C21H21ClN6O3. The van der Waals surface area contributed by atoms with Gasteiger partial charge in [-0.1, -0.05) is 17.7 Å². The largest absolute Gasteiger partial charge is 0.456 e. The lowest BCUT2D eigenvalue weighted by atomic mass is 10.1. The van der Waals surface area contributed by atoms with Gasteiger partial charge >= 0.3 is 5.97 Å². The molecule has 0 saturated carbocycles. The van der Waals surface area contributed by atoms with E-state index in [4.69, 9.17) is 21.6 Å². The molecule has 0 aliphatic carbocycles. The van der Waals surface area contributed by atoms with Gasteiger partial charge in [-0.05, 0) is 38.1 Å². The maximum atomic E-state index is 12.5. The van der Waals surface area contributed by atoms with E-state index in [2.05, 4.69) is 20.6 Å². The molecule has 2 unspecified atom stereocenters. The van der Waals surface area contributed by atoms with E-state index in [1.807, 2.05) is 19.1 Å². The zero-order valence-corrected chi connectivity index (χ0v) is 18.0. The first-order valence-electron chi connectivity index (χ1n) is 9.53. The van der Waals surface area contributed by atoms with E-state index in [9.17, 15) is 9.59 Å². The number of esters is 1. The number of aromatic nitrogens is 4. The molecule has 0 saturated heterocycles. The van der Waals surface area contributed by atoms with Crippen LogP contribution in [0.5, 0.6) is 0 Å². The first kappa shape index (κ1) is 22.1. The zero-order chi connectivity index (χ0) is 22.5. The first-order valence-corrected chi connectivity index (χ1v) is 9.91. The Morgan fingerprint density at radius 2 is 2.10 bits per heavy atom. The number of amides is 1. The fourth-order valence-electron chi connectivity index (χ4n) is 2.98. The SMILES string of the molecule is CC(=O)OC(C)c1cc(C(=O)NC(C)Cn2ccc(-c3ccc(C#N)c(Cl)c3)n2)n[nH]1. The van der Waals surface area contributed by atoms with Crippen LogP contribution in [0.1, 0.15) is 48.6 Å². The summed E-state index contributed by atoms with van der Waals surface area (Å²) in [6, 6.07) is 10.3. The highest BCUT2D eigenvalue weighted by Crippen LogP contribution is 2.24. The molecule has 0 fully saturated rings. The third kappa shape index (κ3) is 5.49. The summed E-state index contributed by atoms with van der Waals surface area (Å²) < 4.78 is 6.78. The summed E-state index contributed by atoms with van der Waals surface area (Å²) in [7, 11) is 0. The lowest BCUT2D eigenvalue weighted by Crippen LogP contribution is -2.36. The van der Waals surface area contributed by atoms with Crippen LogP contribution in [0, 0.1) is 11.3 Å². The van der Waals surface area contributed by atoms with Crippen molar-refractivity contribution in [3.63, 3.8) is 0 Å². The molecule has 2 aromatic heterocycles. The van der Waals surface area contributed by atoms with Gasteiger partial charge in [-0.2, -0.15) is 15.5 Å². The molecule has 3 rings (SSSR count). The molecule has 3 aromatic rings. The van der Waals surface area contributed by atoms with Crippen LogP contribution in [0.3, 0.4) is 0 Å². The van der Waals surface area contributed by atoms with Crippen LogP contribution >= 0.6 is 11.6 Å². The van der Waals surface area contributed by atoms with Crippen LogP contribution in [0.25, 0.3) is 11.3 Å². The van der Waals surface area contributed by atoms with Gasteiger partial charge in [0.25, 0.3) is 5.91 Å². The van der Waals surface area contributed by atoms with E-state index in [-0.39, 0.29) is 17.6 Å². The third-order valence-electron chi connectivity index (χ3n) is 4.48. The first-order chi connectivity index (χ1) is 14.8. The number of nitriles is 1. The molecule has 2 N–H and O–H groups in total.